The first kappa shape index (κ1) is 14.4. The fourth-order valence-electron chi connectivity index (χ4n) is 2.69. The minimum atomic E-state index is 0.135. The van der Waals surface area contributed by atoms with Gasteiger partial charge in [-0.3, -0.25) is 14.9 Å². The zero-order valence-corrected chi connectivity index (χ0v) is 12.6. The number of nitrogens with zero attached hydrogens (tertiary/aromatic N) is 3. The molecule has 0 aliphatic carbocycles. The Morgan fingerprint density at radius 1 is 0.864 bits per heavy atom. The molecule has 0 saturated carbocycles. The van der Waals surface area contributed by atoms with E-state index < -0.39 is 0 Å². The zero-order chi connectivity index (χ0) is 15.2. The molecule has 110 valence electrons. The molecule has 0 N–H and O–H groups in total. The average molecular weight is 289 g/mol. The first-order valence-corrected chi connectivity index (χ1v) is 7.39. The molecule has 2 heterocycles. The van der Waals surface area contributed by atoms with Crippen LogP contribution in [0.15, 0.2) is 79.3 Å². The van der Waals surface area contributed by atoms with Crippen LogP contribution in [0.2, 0.25) is 0 Å². The molecule has 0 amide bonds. The van der Waals surface area contributed by atoms with E-state index in [1.54, 1.807) is 0 Å². The summed E-state index contributed by atoms with van der Waals surface area (Å²) in [5.74, 6) is 0. The van der Waals surface area contributed by atoms with E-state index >= 15 is 0 Å². The van der Waals surface area contributed by atoms with Crippen molar-refractivity contribution in [3.63, 3.8) is 0 Å². The van der Waals surface area contributed by atoms with Crippen molar-refractivity contribution < 1.29 is 0 Å². The molecule has 0 saturated heterocycles. The van der Waals surface area contributed by atoms with Gasteiger partial charge in [0, 0.05) is 25.1 Å². The second-order valence-corrected chi connectivity index (χ2v) is 5.34. The highest BCUT2D eigenvalue weighted by molar-refractivity contribution is 5.28. The maximum atomic E-state index is 4.56. The summed E-state index contributed by atoms with van der Waals surface area (Å²) in [5, 5.41) is 0. The van der Waals surface area contributed by atoms with Crippen LogP contribution in [0.5, 0.6) is 0 Å². The predicted molar refractivity (Wildman–Crippen MR) is 88.2 cm³/mol. The van der Waals surface area contributed by atoms with Crippen LogP contribution < -0.4 is 0 Å². The van der Waals surface area contributed by atoms with Gasteiger partial charge >= 0.3 is 0 Å². The Morgan fingerprint density at radius 2 is 1.59 bits per heavy atom. The largest absolute Gasteiger partial charge is 0.290 e. The SMILES string of the molecule is CN(Cc1ccncc1)[C@H](c1ccccc1)c1ccccn1. The summed E-state index contributed by atoms with van der Waals surface area (Å²) in [7, 11) is 2.13. The van der Waals surface area contributed by atoms with E-state index in [9.17, 15) is 0 Å². The summed E-state index contributed by atoms with van der Waals surface area (Å²) < 4.78 is 0. The van der Waals surface area contributed by atoms with Gasteiger partial charge in [-0.1, -0.05) is 36.4 Å². The highest BCUT2D eigenvalue weighted by Crippen LogP contribution is 2.27. The molecule has 3 nitrogen and oxygen atoms in total. The third-order valence-corrected chi connectivity index (χ3v) is 3.71. The molecule has 22 heavy (non-hydrogen) atoms. The van der Waals surface area contributed by atoms with Gasteiger partial charge in [-0.15, -0.1) is 0 Å². The lowest BCUT2D eigenvalue weighted by Crippen LogP contribution is -2.26. The van der Waals surface area contributed by atoms with Crippen LogP contribution in [0.25, 0.3) is 0 Å². The van der Waals surface area contributed by atoms with E-state index in [-0.39, 0.29) is 6.04 Å². The fraction of sp³-hybridized carbons (Fsp3) is 0.158. The number of hydrogen-bond acceptors (Lipinski definition) is 3. The van der Waals surface area contributed by atoms with E-state index in [1.165, 1.54) is 11.1 Å². The van der Waals surface area contributed by atoms with Gasteiger partial charge in [-0.05, 0) is 42.4 Å². The van der Waals surface area contributed by atoms with Gasteiger partial charge in [0.2, 0.25) is 0 Å². The minimum Gasteiger partial charge on any atom is -0.290 e. The Labute approximate surface area is 131 Å². The Balaban J connectivity index is 1.92. The second-order valence-electron chi connectivity index (χ2n) is 5.34. The van der Waals surface area contributed by atoms with E-state index in [2.05, 4.69) is 64.4 Å². The molecule has 2 aromatic heterocycles. The Morgan fingerprint density at radius 3 is 2.27 bits per heavy atom. The van der Waals surface area contributed by atoms with Crippen molar-refractivity contribution in [2.45, 2.75) is 12.6 Å². The van der Waals surface area contributed by atoms with Crippen molar-refractivity contribution in [1.82, 2.24) is 14.9 Å². The lowest BCUT2D eigenvalue weighted by atomic mass is 10.0. The van der Waals surface area contributed by atoms with Crippen LogP contribution in [0.4, 0.5) is 0 Å². The second kappa shape index (κ2) is 6.96. The minimum absolute atomic E-state index is 0.135. The lowest BCUT2D eigenvalue weighted by molar-refractivity contribution is 0.266. The monoisotopic (exact) mass is 289 g/mol. The maximum Gasteiger partial charge on any atom is 0.0776 e. The lowest BCUT2D eigenvalue weighted by Gasteiger charge is -2.28. The van der Waals surface area contributed by atoms with Crippen LogP contribution >= 0.6 is 0 Å². The van der Waals surface area contributed by atoms with E-state index in [0.717, 1.165) is 12.2 Å². The van der Waals surface area contributed by atoms with Crippen molar-refractivity contribution >= 4 is 0 Å². The maximum absolute atomic E-state index is 4.56. The normalized spacial score (nSPS) is 12.3. The number of benzene rings is 1. The molecule has 0 fully saturated rings. The summed E-state index contributed by atoms with van der Waals surface area (Å²) in [6.07, 6.45) is 5.52. The number of pyridine rings is 2. The Bertz CT molecular complexity index is 644. The molecule has 3 aromatic rings. The molecular weight excluding hydrogens is 270 g/mol. The van der Waals surface area contributed by atoms with Crippen LogP contribution in [-0.4, -0.2) is 21.9 Å². The van der Waals surface area contributed by atoms with Crippen molar-refractivity contribution in [2.75, 3.05) is 7.05 Å². The van der Waals surface area contributed by atoms with Gasteiger partial charge in [-0.25, -0.2) is 0 Å². The molecule has 0 aliphatic rings. The third kappa shape index (κ3) is 3.38. The van der Waals surface area contributed by atoms with E-state index in [1.807, 2.05) is 36.8 Å². The zero-order valence-electron chi connectivity index (χ0n) is 12.6. The first-order valence-electron chi connectivity index (χ1n) is 7.39. The summed E-state index contributed by atoms with van der Waals surface area (Å²) >= 11 is 0. The number of hydrogen-bond donors (Lipinski definition) is 0. The molecule has 0 aliphatic heterocycles. The Hall–Kier alpha value is -2.52. The molecule has 1 aromatic carbocycles. The highest BCUT2D eigenvalue weighted by Gasteiger charge is 2.20. The highest BCUT2D eigenvalue weighted by atomic mass is 15.1. The van der Waals surface area contributed by atoms with Gasteiger partial charge in [0.05, 0.1) is 11.7 Å². The molecule has 0 unspecified atom stereocenters. The topological polar surface area (TPSA) is 29.0 Å². The van der Waals surface area contributed by atoms with Gasteiger partial charge < -0.3 is 0 Å². The molecular formula is C19H19N3. The molecule has 0 bridgehead atoms. The summed E-state index contributed by atoms with van der Waals surface area (Å²) in [4.78, 5) is 11.0. The predicted octanol–water partition coefficient (Wildman–Crippen LogP) is 3.70. The van der Waals surface area contributed by atoms with Crippen molar-refractivity contribution in [2.24, 2.45) is 0 Å². The average Bonchev–Trinajstić information content (AvgIpc) is 2.58. The van der Waals surface area contributed by atoms with E-state index in [0.29, 0.717) is 0 Å². The van der Waals surface area contributed by atoms with Crippen LogP contribution in [0, 0.1) is 0 Å². The molecule has 0 spiro atoms. The molecule has 3 rings (SSSR count). The number of rotatable bonds is 5. The third-order valence-electron chi connectivity index (χ3n) is 3.71. The molecule has 3 heteroatoms. The Kier molecular flexibility index (Phi) is 4.56. The van der Waals surface area contributed by atoms with Crippen molar-refractivity contribution in [3.8, 4) is 0 Å². The summed E-state index contributed by atoms with van der Waals surface area (Å²) in [6, 6.07) is 20.8. The van der Waals surface area contributed by atoms with Crippen LogP contribution in [-0.2, 0) is 6.54 Å². The van der Waals surface area contributed by atoms with Crippen molar-refractivity contribution in [1.29, 1.82) is 0 Å². The first-order chi connectivity index (χ1) is 10.8. The summed E-state index contributed by atoms with van der Waals surface area (Å²) in [5.41, 5.74) is 3.55. The van der Waals surface area contributed by atoms with Gasteiger partial charge in [-0.2, -0.15) is 0 Å². The standard InChI is InChI=1S/C19H19N3/c1-22(15-16-10-13-20-14-11-16)19(17-7-3-2-4-8-17)18-9-5-6-12-21-18/h2-14,19H,15H2,1H3/t19-/m1/s1. The van der Waals surface area contributed by atoms with E-state index in [4.69, 9.17) is 0 Å². The summed E-state index contributed by atoms with van der Waals surface area (Å²) in [6.45, 7) is 0.846. The smallest absolute Gasteiger partial charge is 0.0776 e. The van der Waals surface area contributed by atoms with Gasteiger partial charge in [0.15, 0.2) is 0 Å². The fourth-order valence-corrected chi connectivity index (χ4v) is 2.69. The van der Waals surface area contributed by atoms with Crippen molar-refractivity contribution in [3.05, 3.63) is 96.1 Å². The van der Waals surface area contributed by atoms with Gasteiger partial charge in [0.1, 0.15) is 0 Å². The van der Waals surface area contributed by atoms with Crippen LogP contribution in [0.1, 0.15) is 22.9 Å². The molecule has 0 radical (unpaired) electrons. The quantitative estimate of drug-likeness (QED) is 0.717. The van der Waals surface area contributed by atoms with Gasteiger partial charge in [0.25, 0.3) is 0 Å². The molecule has 1 atom stereocenters. The van der Waals surface area contributed by atoms with Crippen LogP contribution in [0.3, 0.4) is 0 Å². The number of aromatic nitrogens is 2.